The number of hydrogen-bond acceptors (Lipinski definition) is 4. The predicted molar refractivity (Wildman–Crippen MR) is 81.0 cm³/mol. The molecular formula is C15H14N4OS. The van der Waals surface area contributed by atoms with Crippen LogP contribution in [0.3, 0.4) is 0 Å². The van der Waals surface area contributed by atoms with Crippen molar-refractivity contribution >= 4 is 23.4 Å². The Morgan fingerprint density at radius 2 is 2.19 bits per heavy atom. The van der Waals surface area contributed by atoms with Gasteiger partial charge in [-0.15, -0.1) is 0 Å². The molecule has 0 unspecified atom stereocenters. The summed E-state index contributed by atoms with van der Waals surface area (Å²) in [6.07, 6.45) is 5.27. The second-order valence-electron chi connectivity index (χ2n) is 4.79. The highest BCUT2D eigenvalue weighted by Gasteiger charge is 2.30. The van der Waals surface area contributed by atoms with E-state index < -0.39 is 0 Å². The molecule has 21 heavy (non-hydrogen) atoms. The number of aromatic amines is 1. The molecule has 2 heterocycles. The Morgan fingerprint density at radius 1 is 1.38 bits per heavy atom. The van der Waals surface area contributed by atoms with E-state index >= 15 is 0 Å². The molecule has 6 heteroatoms. The number of hydrogen-bond donors (Lipinski definition) is 1. The first kappa shape index (κ1) is 13.7. The van der Waals surface area contributed by atoms with Gasteiger partial charge in [-0.05, 0) is 37.1 Å². The summed E-state index contributed by atoms with van der Waals surface area (Å²) in [5.41, 5.74) is 1.45. The van der Waals surface area contributed by atoms with E-state index in [2.05, 4.69) is 16.0 Å². The molecule has 1 atom stereocenters. The Morgan fingerprint density at radius 3 is 2.86 bits per heavy atom. The first-order chi connectivity index (χ1) is 10.3. The fraction of sp³-hybridized carbons (Fsp3) is 0.267. The molecule has 1 aliphatic rings. The minimum absolute atomic E-state index is 0.104. The Kier molecular flexibility index (Phi) is 3.93. The Labute approximate surface area is 127 Å². The molecule has 1 saturated heterocycles. The molecule has 1 amide bonds. The lowest BCUT2D eigenvalue weighted by Crippen LogP contribution is -2.43. The Balaban J connectivity index is 1.76. The van der Waals surface area contributed by atoms with E-state index in [0.29, 0.717) is 5.56 Å². The average molecular weight is 298 g/mol. The number of benzene rings is 1. The van der Waals surface area contributed by atoms with E-state index in [1.54, 1.807) is 29.4 Å². The van der Waals surface area contributed by atoms with E-state index in [0.717, 1.165) is 30.2 Å². The van der Waals surface area contributed by atoms with Gasteiger partial charge in [0, 0.05) is 24.6 Å². The maximum Gasteiger partial charge on any atom is 0.240 e. The van der Waals surface area contributed by atoms with Crippen LogP contribution >= 0.6 is 11.8 Å². The number of carbonyl (C=O) groups excluding carboxylic acids is 1. The average Bonchev–Trinajstić information content (AvgIpc) is 3.03. The minimum Gasteiger partial charge on any atom is -0.340 e. The minimum atomic E-state index is -0.111. The normalized spacial score (nSPS) is 18.5. The highest BCUT2D eigenvalue weighted by atomic mass is 32.2. The number of nitrogens with one attached hydrogen (secondary N) is 1. The summed E-state index contributed by atoms with van der Waals surface area (Å²) >= 11 is 1.48. The molecule has 106 valence electrons. The van der Waals surface area contributed by atoms with Crippen LogP contribution in [0.2, 0.25) is 0 Å². The zero-order chi connectivity index (χ0) is 14.7. The number of thioether (sulfide) groups is 1. The van der Waals surface area contributed by atoms with Gasteiger partial charge >= 0.3 is 0 Å². The fourth-order valence-electron chi connectivity index (χ4n) is 2.37. The molecule has 0 saturated carbocycles. The van der Waals surface area contributed by atoms with Gasteiger partial charge in [-0.3, -0.25) is 4.79 Å². The van der Waals surface area contributed by atoms with Crippen molar-refractivity contribution in [2.45, 2.75) is 23.2 Å². The number of H-pyrrole nitrogens is 1. The van der Waals surface area contributed by atoms with Gasteiger partial charge < -0.3 is 9.88 Å². The lowest BCUT2D eigenvalue weighted by molar-refractivity contribution is -0.119. The van der Waals surface area contributed by atoms with Crippen LogP contribution in [0.5, 0.6) is 0 Å². The predicted octanol–water partition coefficient (Wildman–Crippen LogP) is 2.57. The van der Waals surface area contributed by atoms with Crippen LogP contribution < -0.4 is 4.90 Å². The molecule has 1 fully saturated rings. The van der Waals surface area contributed by atoms with Gasteiger partial charge in [0.1, 0.15) is 0 Å². The number of aromatic nitrogens is 2. The van der Waals surface area contributed by atoms with Gasteiger partial charge in [-0.2, -0.15) is 5.26 Å². The SMILES string of the molecule is N#Cc1ccc(N2CCC[C@@H](Sc3ncc[nH]3)C2=O)cc1. The third-order valence-electron chi connectivity index (χ3n) is 3.42. The monoisotopic (exact) mass is 298 g/mol. The van der Waals surface area contributed by atoms with E-state index in [9.17, 15) is 4.79 Å². The number of nitriles is 1. The molecule has 0 bridgehead atoms. The maximum atomic E-state index is 12.6. The molecular weight excluding hydrogens is 284 g/mol. The van der Waals surface area contributed by atoms with E-state index in [-0.39, 0.29) is 11.2 Å². The molecule has 1 N–H and O–H groups in total. The van der Waals surface area contributed by atoms with Crippen molar-refractivity contribution in [3.05, 3.63) is 42.2 Å². The number of rotatable bonds is 3. The standard InChI is InChI=1S/C15H14N4OS/c16-10-11-3-5-12(6-4-11)19-9-1-2-13(14(19)20)21-15-17-7-8-18-15/h3-8,13H,1-2,9H2,(H,17,18)/t13-/m1/s1. The second-order valence-corrected chi connectivity index (χ2v) is 5.98. The third kappa shape index (κ3) is 2.93. The van der Waals surface area contributed by atoms with Crippen molar-refractivity contribution in [3.63, 3.8) is 0 Å². The van der Waals surface area contributed by atoms with Gasteiger partial charge in [0.25, 0.3) is 0 Å². The molecule has 0 spiro atoms. The van der Waals surface area contributed by atoms with Crippen LogP contribution in [0.25, 0.3) is 0 Å². The molecule has 0 aliphatic carbocycles. The number of imidazole rings is 1. The van der Waals surface area contributed by atoms with E-state index in [1.165, 1.54) is 11.8 Å². The molecule has 5 nitrogen and oxygen atoms in total. The summed E-state index contributed by atoms with van der Waals surface area (Å²) in [4.78, 5) is 21.6. The van der Waals surface area contributed by atoms with Crippen LogP contribution in [0.4, 0.5) is 5.69 Å². The maximum absolute atomic E-state index is 12.6. The van der Waals surface area contributed by atoms with Crippen molar-refractivity contribution < 1.29 is 4.79 Å². The summed E-state index contributed by atoms with van der Waals surface area (Å²) in [6.45, 7) is 0.722. The summed E-state index contributed by atoms with van der Waals surface area (Å²) in [5.74, 6) is 0.104. The Bertz CT molecular complexity index is 660. The zero-order valence-corrected chi connectivity index (χ0v) is 12.1. The third-order valence-corrected chi connectivity index (χ3v) is 4.59. The molecule has 1 aromatic carbocycles. The van der Waals surface area contributed by atoms with Crippen molar-refractivity contribution in [2.24, 2.45) is 0 Å². The number of carbonyl (C=O) groups is 1. The van der Waals surface area contributed by atoms with Crippen LogP contribution in [-0.4, -0.2) is 27.7 Å². The number of piperidine rings is 1. The molecule has 2 aromatic rings. The number of nitrogens with zero attached hydrogens (tertiary/aromatic N) is 3. The number of amides is 1. The van der Waals surface area contributed by atoms with Crippen LogP contribution in [-0.2, 0) is 4.79 Å². The molecule has 1 aliphatic heterocycles. The molecule has 3 rings (SSSR count). The van der Waals surface area contributed by atoms with Crippen molar-refractivity contribution in [2.75, 3.05) is 11.4 Å². The lowest BCUT2D eigenvalue weighted by Gasteiger charge is -2.31. The van der Waals surface area contributed by atoms with Crippen molar-refractivity contribution in [3.8, 4) is 6.07 Å². The van der Waals surface area contributed by atoms with Crippen LogP contribution in [0.1, 0.15) is 18.4 Å². The summed E-state index contributed by atoms with van der Waals surface area (Å²) < 4.78 is 0. The highest BCUT2D eigenvalue weighted by Crippen LogP contribution is 2.30. The van der Waals surface area contributed by atoms with Crippen molar-refractivity contribution in [1.82, 2.24) is 9.97 Å². The summed E-state index contributed by atoms with van der Waals surface area (Å²) in [7, 11) is 0. The van der Waals surface area contributed by atoms with Gasteiger partial charge in [0.05, 0.1) is 16.9 Å². The van der Waals surface area contributed by atoms with Gasteiger partial charge in [0.15, 0.2) is 5.16 Å². The number of anilines is 1. The van der Waals surface area contributed by atoms with E-state index in [4.69, 9.17) is 5.26 Å². The second kappa shape index (κ2) is 6.02. The fourth-order valence-corrected chi connectivity index (χ4v) is 3.41. The van der Waals surface area contributed by atoms with Gasteiger partial charge in [-0.1, -0.05) is 11.8 Å². The van der Waals surface area contributed by atoms with Gasteiger partial charge in [0.2, 0.25) is 5.91 Å². The topological polar surface area (TPSA) is 72.8 Å². The quantitative estimate of drug-likeness (QED) is 0.945. The largest absolute Gasteiger partial charge is 0.340 e. The van der Waals surface area contributed by atoms with E-state index in [1.807, 2.05) is 12.1 Å². The first-order valence-electron chi connectivity index (χ1n) is 6.75. The first-order valence-corrected chi connectivity index (χ1v) is 7.63. The van der Waals surface area contributed by atoms with Crippen LogP contribution in [0, 0.1) is 11.3 Å². The molecule has 0 radical (unpaired) electrons. The van der Waals surface area contributed by atoms with Crippen LogP contribution in [0.15, 0.2) is 41.8 Å². The summed E-state index contributed by atoms with van der Waals surface area (Å²) in [6, 6.07) is 9.23. The Hall–Kier alpha value is -2.26. The smallest absolute Gasteiger partial charge is 0.240 e. The highest BCUT2D eigenvalue weighted by molar-refractivity contribution is 8.00. The summed E-state index contributed by atoms with van der Waals surface area (Å²) in [5, 5.41) is 9.49. The van der Waals surface area contributed by atoms with Crippen molar-refractivity contribution in [1.29, 1.82) is 5.26 Å². The zero-order valence-electron chi connectivity index (χ0n) is 11.3. The lowest BCUT2D eigenvalue weighted by atomic mass is 10.1. The van der Waals surface area contributed by atoms with Gasteiger partial charge in [-0.25, -0.2) is 4.98 Å². The molecule has 1 aromatic heterocycles.